The molecule has 0 bridgehead atoms. The molecule has 0 fully saturated rings. The van der Waals surface area contributed by atoms with Gasteiger partial charge in [0.2, 0.25) is 10.0 Å². The lowest BCUT2D eigenvalue weighted by Crippen LogP contribution is -2.30. The first-order chi connectivity index (χ1) is 17.2. The molecule has 1 N–H and O–H groups in total. The molecule has 0 aliphatic rings. The molecule has 0 saturated heterocycles. The van der Waals surface area contributed by atoms with Crippen LogP contribution in [0.15, 0.2) is 103 Å². The fraction of sp³-hybridized carbons (Fsp3) is 0.138. The van der Waals surface area contributed by atoms with Crippen molar-refractivity contribution < 1.29 is 13.2 Å². The molecule has 0 unspecified atom stereocenters. The molecule has 5 nitrogen and oxygen atoms in total. The van der Waals surface area contributed by atoms with Crippen LogP contribution in [0.5, 0.6) is 0 Å². The Balaban J connectivity index is 1.58. The van der Waals surface area contributed by atoms with Crippen LogP contribution >= 0.6 is 11.6 Å². The van der Waals surface area contributed by atoms with Gasteiger partial charge in [0.15, 0.2) is 0 Å². The first kappa shape index (κ1) is 25.5. The van der Waals surface area contributed by atoms with E-state index in [9.17, 15) is 13.2 Å². The highest BCUT2D eigenvalue weighted by atomic mass is 35.5. The number of halogens is 1. The number of amides is 1. The number of hydrogen-bond acceptors (Lipinski definition) is 3. The first-order valence-electron chi connectivity index (χ1n) is 11.5. The van der Waals surface area contributed by atoms with Gasteiger partial charge in [0.05, 0.1) is 24.5 Å². The minimum Gasteiger partial charge on any atom is -0.341 e. The van der Waals surface area contributed by atoms with Crippen LogP contribution in [-0.2, 0) is 16.6 Å². The number of nitrogens with one attached hydrogen (secondary N) is 1. The lowest BCUT2D eigenvalue weighted by molar-refractivity contribution is 0.0943. The SMILES string of the molecule is Cc1ccc([C@@H](NC(=O)c2ccc(N(Cc3ccccc3Cl)S(C)(=O)=O)cc2)c2ccccc2)cc1. The van der Waals surface area contributed by atoms with E-state index in [0.717, 1.165) is 22.9 Å². The van der Waals surface area contributed by atoms with Gasteiger partial charge < -0.3 is 5.32 Å². The Hall–Kier alpha value is -3.61. The Bertz CT molecular complexity index is 1440. The van der Waals surface area contributed by atoms with Gasteiger partial charge in [-0.15, -0.1) is 0 Å². The van der Waals surface area contributed by atoms with Crippen LogP contribution in [0, 0.1) is 6.92 Å². The van der Waals surface area contributed by atoms with Gasteiger partial charge in [0, 0.05) is 10.6 Å². The van der Waals surface area contributed by atoms with Crippen molar-refractivity contribution in [3.63, 3.8) is 0 Å². The number of aryl methyl sites for hydroxylation is 1. The average Bonchev–Trinajstić information content (AvgIpc) is 2.87. The van der Waals surface area contributed by atoms with Crippen molar-refractivity contribution in [2.45, 2.75) is 19.5 Å². The number of benzene rings is 4. The van der Waals surface area contributed by atoms with E-state index in [1.54, 1.807) is 42.5 Å². The maximum atomic E-state index is 13.2. The maximum absolute atomic E-state index is 13.2. The lowest BCUT2D eigenvalue weighted by atomic mass is 9.97. The number of carbonyl (C=O) groups is 1. The molecule has 0 aromatic heterocycles. The van der Waals surface area contributed by atoms with E-state index >= 15 is 0 Å². The predicted octanol–water partition coefficient (Wildman–Crippen LogP) is 6.13. The van der Waals surface area contributed by atoms with Gasteiger partial charge in [-0.2, -0.15) is 0 Å². The van der Waals surface area contributed by atoms with Crippen LogP contribution in [0.4, 0.5) is 5.69 Å². The third-order valence-corrected chi connectivity index (χ3v) is 7.42. The number of sulfonamides is 1. The summed E-state index contributed by atoms with van der Waals surface area (Å²) in [6, 6.07) is 31.2. The van der Waals surface area contributed by atoms with E-state index in [1.165, 1.54) is 4.31 Å². The van der Waals surface area contributed by atoms with Gasteiger partial charge in [0.25, 0.3) is 5.91 Å². The van der Waals surface area contributed by atoms with Crippen LogP contribution in [0.2, 0.25) is 5.02 Å². The zero-order valence-electron chi connectivity index (χ0n) is 20.1. The summed E-state index contributed by atoms with van der Waals surface area (Å²) in [5, 5.41) is 3.61. The van der Waals surface area contributed by atoms with E-state index < -0.39 is 10.0 Å². The lowest BCUT2D eigenvalue weighted by Gasteiger charge is -2.23. The molecule has 4 rings (SSSR count). The van der Waals surface area contributed by atoms with E-state index in [4.69, 9.17) is 11.6 Å². The van der Waals surface area contributed by atoms with Gasteiger partial charge in [-0.25, -0.2) is 8.42 Å². The standard InChI is InChI=1S/C29H27ClN2O3S/c1-21-12-14-23(15-13-21)28(22-8-4-3-5-9-22)31-29(33)24-16-18-26(19-17-24)32(36(2,34)35)20-25-10-6-7-11-27(25)30/h3-19,28H,20H2,1-2H3,(H,31,33)/t28-/m0/s1. The highest BCUT2D eigenvalue weighted by Crippen LogP contribution is 2.26. The molecular weight excluding hydrogens is 492 g/mol. The van der Waals surface area contributed by atoms with Gasteiger partial charge in [0.1, 0.15) is 0 Å². The second kappa shape index (κ2) is 11.0. The van der Waals surface area contributed by atoms with Gasteiger partial charge in [-0.3, -0.25) is 9.10 Å². The summed E-state index contributed by atoms with van der Waals surface area (Å²) < 4.78 is 26.4. The number of rotatable bonds is 8. The molecule has 184 valence electrons. The summed E-state index contributed by atoms with van der Waals surface area (Å²) in [5.74, 6) is -0.256. The number of anilines is 1. The number of hydrogen-bond donors (Lipinski definition) is 1. The maximum Gasteiger partial charge on any atom is 0.252 e. The van der Waals surface area contributed by atoms with E-state index in [1.807, 2.05) is 67.6 Å². The molecule has 1 atom stereocenters. The highest BCUT2D eigenvalue weighted by molar-refractivity contribution is 7.92. The van der Waals surface area contributed by atoms with Crippen LogP contribution in [-0.4, -0.2) is 20.6 Å². The van der Waals surface area contributed by atoms with E-state index in [-0.39, 0.29) is 18.5 Å². The topological polar surface area (TPSA) is 66.5 Å². The largest absolute Gasteiger partial charge is 0.341 e. The summed E-state index contributed by atoms with van der Waals surface area (Å²) in [5.41, 5.74) is 4.65. The Kier molecular flexibility index (Phi) is 7.77. The Morgan fingerprint density at radius 1 is 0.833 bits per heavy atom. The van der Waals surface area contributed by atoms with Crippen molar-refractivity contribution in [3.05, 3.63) is 136 Å². The minimum absolute atomic E-state index is 0.0908. The van der Waals surface area contributed by atoms with Gasteiger partial charge in [-0.05, 0) is 53.9 Å². The summed E-state index contributed by atoms with van der Waals surface area (Å²) in [6.45, 7) is 2.11. The third-order valence-electron chi connectivity index (χ3n) is 5.91. The molecule has 7 heteroatoms. The zero-order valence-corrected chi connectivity index (χ0v) is 21.6. The Morgan fingerprint density at radius 2 is 1.42 bits per heavy atom. The second-order valence-electron chi connectivity index (χ2n) is 8.64. The molecule has 0 aliphatic heterocycles. The van der Waals surface area contributed by atoms with E-state index in [0.29, 0.717) is 21.8 Å². The van der Waals surface area contributed by atoms with Crippen LogP contribution in [0.25, 0.3) is 0 Å². The molecule has 0 saturated carbocycles. The molecule has 0 spiro atoms. The summed E-state index contributed by atoms with van der Waals surface area (Å²) in [7, 11) is -3.59. The monoisotopic (exact) mass is 518 g/mol. The Labute approximate surface area is 217 Å². The van der Waals surface area contributed by atoms with Crippen molar-refractivity contribution in [1.82, 2.24) is 5.32 Å². The second-order valence-corrected chi connectivity index (χ2v) is 10.9. The van der Waals surface area contributed by atoms with E-state index in [2.05, 4.69) is 5.32 Å². The first-order valence-corrected chi connectivity index (χ1v) is 13.7. The summed E-state index contributed by atoms with van der Waals surface area (Å²) in [4.78, 5) is 13.2. The van der Waals surface area contributed by atoms with Crippen LogP contribution < -0.4 is 9.62 Å². The molecular formula is C29H27ClN2O3S. The Morgan fingerprint density at radius 3 is 2.03 bits per heavy atom. The van der Waals surface area contributed by atoms with Crippen molar-refractivity contribution in [2.75, 3.05) is 10.6 Å². The van der Waals surface area contributed by atoms with Crippen molar-refractivity contribution in [3.8, 4) is 0 Å². The molecule has 4 aromatic carbocycles. The molecule has 0 heterocycles. The molecule has 1 amide bonds. The summed E-state index contributed by atoms with van der Waals surface area (Å²) >= 11 is 6.26. The molecule has 0 radical (unpaired) electrons. The quantitative estimate of drug-likeness (QED) is 0.305. The van der Waals surface area contributed by atoms with Crippen molar-refractivity contribution in [2.24, 2.45) is 0 Å². The third kappa shape index (κ3) is 6.14. The molecule has 4 aromatic rings. The zero-order chi connectivity index (χ0) is 25.7. The van der Waals surface area contributed by atoms with Gasteiger partial charge >= 0.3 is 0 Å². The van der Waals surface area contributed by atoms with Crippen LogP contribution in [0.1, 0.15) is 38.7 Å². The normalized spacial score (nSPS) is 12.1. The fourth-order valence-electron chi connectivity index (χ4n) is 3.94. The summed E-state index contributed by atoms with van der Waals surface area (Å²) in [6.07, 6.45) is 1.15. The fourth-order valence-corrected chi connectivity index (χ4v) is 5.01. The smallest absolute Gasteiger partial charge is 0.252 e. The van der Waals surface area contributed by atoms with Gasteiger partial charge in [-0.1, -0.05) is 90.0 Å². The number of nitrogens with zero attached hydrogens (tertiary/aromatic N) is 1. The predicted molar refractivity (Wildman–Crippen MR) is 146 cm³/mol. The highest BCUT2D eigenvalue weighted by Gasteiger charge is 2.21. The average molecular weight is 519 g/mol. The van der Waals surface area contributed by atoms with Crippen molar-refractivity contribution in [1.29, 1.82) is 0 Å². The van der Waals surface area contributed by atoms with Crippen molar-refractivity contribution >= 4 is 33.2 Å². The molecule has 0 aliphatic carbocycles. The van der Waals surface area contributed by atoms with Crippen LogP contribution in [0.3, 0.4) is 0 Å². The minimum atomic E-state index is -3.59. The number of carbonyl (C=O) groups excluding carboxylic acids is 1. The molecule has 36 heavy (non-hydrogen) atoms.